The highest BCUT2D eigenvalue weighted by Crippen LogP contribution is 2.07. The van der Waals surface area contributed by atoms with Crippen molar-refractivity contribution in [2.45, 2.75) is 32.3 Å². The number of carbonyl (C=O) groups excluding carboxylic acids is 2. The lowest BCUT2D eigenvalue weighted by atomic mass is 10.1. The van der Waals surface area contributed by atoms with Gasteiger partial charge in [0.15, 0.2) is 5.78 Å². The van der Waals surface area contributed by atoms with Crippen molar-refractivity contribution < 1.29 is 14.3 Å². The first-order valence-electron chi connectivity index (χ1n) is 3.93. The van der Waals surface area contributed by atoms with E-state index >= 15 is 0 Å². The highest BCUT2D eigenvalue weighted by atomic mass is 16.5. The van der Waals surface area contributed by atoms with E-state index in [-0.39, 0.29) is 5.78 Å². The van der Waals surface area contributed by atoms with Crippen molar-refractivity contribution in [1.82, 2.24) is 0 Å². The summed E-state index contributed by atoms with van der Waals surface area (Å²) in [6, 6.07) is 0. The number of rotatable bonds is 4. The van der Waals surface area contributed by atoms with E-state index in [0.29, 0.717) is 6.42 Å². The van der Waals surface area contributed by atoms with Crippen LogP contribution in [0.5, 0.6) is 0 Å². The van der Waals surface area contributed by atoms with E-state index in [1.54, 1.807) is 0 Å². The smallest absolute Gasteiger partial charge is 0.162 e. The van der Waals surface area contributed by atoms with Crippen molar-refractivity contribution in [3.05, 3.63) is 0 Å². The van der Waals surface area contributed by atoms with Crippen LogP contribution in [0.2, 0.25) is 0 Å². The minimum Gasteiger partial charge on any atom is -0.570 e. The second kappa shape index (κ2) is 3.99. The van der Waals surface area contributed by atoms with Gasteiger partial charge < -0.3 is 14.5 Å². The van der Waals surface area contributed by atoms with Crippen LogP contribution in [0.15, 0.2) is 4.99 Å². The molecule has 0 N–H and O–H groups in total. The van der Waals surface area contributed by atoms with Crippen LogP contribution in [0, 0.1) is 0 Å². The second-order valence-electron chi connectivity index (χ2n) is 2.61. The van der Waals surface area contributed by atoms with E-state index in [4.69, 9.17) is 0 Å². The highest BCUT2D eigenvalue weighted by molar-refractivity contribution is 6.09. The molecule has 0 aromatic rings. The van der Waals surface area contributed by atoms with Crippen molar-refractivity contribution in [2.24, 2.45) is 4.99 Å². The third-order valence-corrected chi connectivity index (χ3v) is 1.62. The van der Waals surface area contributed by atoms with Gasteiger partial charge in [-0.15, -0.1) is 0 Å². The fourth-order valence-electron chi connectivity index (χ4n) is 0.919. The van der Waals surface area contributed by atoms with Crippen molar-refractivity contribution >= 4 is 18.1 Å². The Bertz CT molecular complexity index is 222. The number of ether oxygens (including phenoxy) is 1. The number of ketones is 1. The van der Waals surface area contributed by atoms with Gasteiger partial charge in [-0.25, -0.2) is 0 Å². The van der Waals surface area contributed by atoms with E-state index in [9.17, 15) is 9.59 Å². The zero-order valence-corrected chi connectivity index (χ0v) is 6.87. The number of nitrogens with zero attached hydrogens (tertiary/aromatic N) is 1. The molecular formula is C8H10NO3-. The molecule has 12 heavy (non-hydrogen) atoms. The van der Waals surface area contributed by atoms with Gasteiger partial charge in [0.25, 0.3) is 0 Å². The van der Waals surface area contributed by atoms with Gasteiger partial charge in [0.1, 0.15) is 12.0 Å². The first kappa shape index (κ1) is 8.90. The predicted octanol–water partition coefficient (Wildman–Crippen LogP) is 0.576. The van der Waals surface area contributed by atoms with E-state index < -0.39 is 12.0 Å². The summed E-state index contributed by atoms with van der Waals surface area (Å²) in [5.74, 6) is -0.730. The molecule has 4 nitrogen and oxygen atoms in total. The van der Waals surface area contributed by atoms with Crippen LogP contribution < -0.4 is 0 Å². The molecular weight excluding hydrogens is 158 g/mol. The molecule has 0 saturated carbocycles. The molecule has 0 spiro atoms. The van der Waals surface area contributed by atoms with Gasteiger partial charge in [0.05, 0.1) is 0 Å². The van der Waals surface area contributed by atoms with Crippen molar-refractivity contribution in [1.29, 1.82) is 0 Å². The topological polar surface area (TPSA) is 55.7 Å². The number of hydrogen-bond donors (Lipinski definition) is 0. The van der Waals surface area contributed by atoms with Crippen LogP contribution in [-0.2, 0) is 14.3 Å². The maximum absolute atomic E-state index is 11.2. The van der Waals surface area contributed by atoms with E-state index in [1.807, 2.05) is 13.3 Å². The highest BCUT2D eigenvalue weighted by Gasteiger charge is 2.20. The second-order valence-corrected chi connectivity index (χ2v) is 2.61. The van der Waals surface area contributed by atoms with Crippen LogP contribution in [0.1, 0.15) is 26.2 Å². The van der Waals surface area contributed by atoms with Crippen LogP contribution in [0.4, 0.5) is 0 Å². The van der Waals surface area contributed by atoms with Gasteiger partial charge >= 0.3 is 0 Å². The van der Waals surface area contributed by atoms with Gasteiger partial charge in [-0.3, -0.25) is 4.79 Å². The molecule has 0 radical (unpaired) electrons. The summed E-state index contributed by atoms with van der Waals surface area (Å²) in [5, 5.41) is 0. The normalized spacial score (nSPS) is 21.1. The molecule has 0 aliphatic carbocycles. The van der Waals surface area contributed by atoms with Gasteiger partial charge in [0.2, 0.25) is 0 Å². The molecule has 0 bridgehead atoms. The molecule has 1 heterocycles. The largest absolute Gasteiger partial charge is 0.570 e. The Kier molecular flexibility index (Phi) is 2.96. The summed E-state index contributed by atoms with van der Waals surface area (Å²) in [5.41, 5.74) is 0. The lowest BCUT2D eigenvalue weighted by Gasteiger charge is -2.11. The number of carbonyl (C=O) groups is 2. The zero-order valence-electron chi connectivity index (χ0n) is 6.87. The Balaban J connectivity index is 2.38. The Morgan fingerprint density at radius 3 is 3.00 bits per heavy atom. The summed E-state index contributed by atoms with van der Waals surface area (Å²) in [6.45, 7) is 1.98. The molecule has 1 aliphatic heterocycles. The lowest BCUT2D eigenvalue weighted by Crippen LogP contribution is -2.27. The Labute approximate surface area is 70.6 Å². The molecule has 1 amide bonds. The zero-order chi connectivity index (χ0) is 8.97. The van der Waals surface area contributed by atoms with E-state index in [0.717, 1.165) is 12.8 Å². The predicted molar refractivity (Wildman–Crippen MR) is 41.8 cm³/mol. The fourth-order valence-corrected chi connectivity index (χ4v) is 0.919. The first-order chi connectivity index (χ1) is 5.75. The molecule has 0 saturated heterocycles. The van der Waals surface area contributed by atoms with Crippen LogP contribution in [-0.4, -0.2) is 24.2 Å². The molecule has 0 aromatic carbocycles. The molecule has 1 aliphatic rings. The van der Waals surface area contributed by atoms with E-state index in [2.05, 4.69) is 9.73 Å². The number of aliphatic imine (C=N–C) groups is 1. The monoisotopic (exact) mass is 168 g/mol. The molecule has 1 atom stereocenters. The first-order valence-corrected chi connectivity index (χ1v) is 3.93. The summed E-state index contributed by atoms with van der Waals surface area (Å²) >= 11 is 0. The lowest BCUT2D eigenvalue weighted by molar-refractivity contribution is -0.134. The quantitative estimate of drug-likeness (QED) is 0.455. The average molecular weight is 168 g/mol. The Morgan fingerprint density at radius 1 is 1.75 bits per heavy atom. The Morgan fingerprint density at radius 2 is 2.50 bits per heavy atom. The third kappa shape index (κ3) is 1.90. The summed E-state index contributed by atoms with van der Waals surface area (Å²) in [7, 11) is 0. The minimum absolute atomic E-state index is 0.199. The maximum Gasteiger partial charge on any atom is 0.162 e. The molecule has 66 valence electrons. The van der Waals surface area contributed by atoms with Crippen LogP contribution >= 0.6 is 0 Å². The Hall–Kier alpha value is -1.19. The molecule has 0 fully saturated rings. The molecule has 4 heteroatoms. The number of Topliss-reactive ketones (excluding diaryl/α,β-unsaturated/α-hetero) is 1. The number of hydrogen-bond acceptors (Lipinski definition) is 3. The standard InChI is InChI=1S/C8H10NO3/c1-2-3-4-6(10)7-8(11)9-5-12-7/h7H,2-4H2,1H3/q-1. The SMILES string of the molecule is CCCCC(=O)C1O[C-]=NC1=O. The minimum atomic E-state index is -1.00. The molecule has 1 unspecified atom stereocenters. The third-order valence-electron chi connectivity index (χ3n) is 1.62. The summed E-state index contributed by atoms with van der Waals surface area (Å²) in [4.78, 5) is 25.2. The van der Waals surface area contributed by atoms with E-state index in [1.165, 1.54) is 0 Å². The molecule has 1 rings (SSSR count). The fraction of sp³-hybridized carbons (Fsp3) is 0.625. The number of amides is 1. The van der Waals surface area contributed by atoms with Gasteiger partial charge in [0, 0.05) is 12.8 Å². The number of unbranched alkanes of at least 4 members (excludes halogenated alkanes) is 1. The van der Waals surface area contributed by atoms with Crippen LogP contribution in [0.3, 0.4) is 0 Å². The van der Waals surface area contributed by atoms with Gasteiger partial charge in [-0.2, -0.15) is 0 Å². The molecule has 0 aromatic heterocycles. The maximum atomic E-state index is 11.2. The van der Waals surface area contributed by atoms with Crippen molar-refractivity contribution in [3.63, 3.8) is 0 Å². The summed E-state index contributed by atoms with van der Waals surface area (Å²) in [6.07, 6.45) is 3.12. The summed E-state index contributed by atoms with van der Waals surface area (Å²) < 4.78 is 4.61. The van der Waals surface area contributed by atoms with Crippen molar-refractivity contribution in [2.75, 3.05) is 0 Å². The van der Waals surface area contributed by atoms with Gasteiger partial charge in [-0.1, -0.05) is 13.3 Å². The van der Waals surface area contributed by atoms with Gasteiger partial charge in [-0.05, 0) is 6.42 Å². The average Bonchev–Trinajstić information content (AvgIpc) is 2.47. The van der Waals surface area contributed by atoms with Crippen molar-refractivity contribution in [3.8, 4) is 0 Å². The van der Waals surface area contributed by atoms with Crippen LogP contribution in [0.25, 0.3) is 0 Å².